The van der Waals surface area contributed by atoms with Crippen molar-refractivity contribution in [3.05, 3.63) is 89.1 Å². The monoisotopic (exact) mass is 442 g/mol. The Hall–Kier alpha value is -4.06. The lowest BCUT2D eigenvalue weighted by Crippen LogP contribution is -2.32. The van der Waals surface area contributed by atoms with Crippen LogP contribution in [0.15, 0.2) is 72.4 Å². The van der Waals surface area contributed by atoms with E-state index in [1.165, 1.54) is 4.90 Å². The standard InChI is InChI=1S/C27H26N2O4/c1-5-33-23-9-7-6-8-22(23)29-26(30)24(21-15-10-17(2)16-18(21)3)25(27(29)31)28-19-11-13-20(32-4)14-12-19/h6-16,28H,5H2,1-4H3. The van der Waals surface area contributed by atoms with Crippen molar-refractivity contribution in [1.29, 1.82) is 0 Å². The van der Waals surface area contributed by atoms with Crippen LogP contribution in [0.5, 0.6) is 11.5 Å². The first kappa shape index (κ1) is 22.1. The molecule has 0 saturated heterocycles. The highest BCUT2D eigenvalue weighted by Gasteiger charge is 2.41. The van der Waals surface area contributed by atoms with Crippen LogP contribution >= 0.6 is 0 Å². The molecule has 0 radical (unpaired) electrons. The average Bonchev–Trinajstić information content (AvgIpc) is 3.04. The van der Waals surface area contributed by atoms with Gasteiger partial charge in [-0.25, -0.2) is 4.90 Å². The van der Waals surface area contributed by atoms with E-state index < -0.39 is 11.8 Å². The molecule has 0 unspecified atom stereocenters. The van der Waals surface area contributed by atoms with Crippen molar-refractivity contribution in [3.63, 3.8) is 0 Å². The van der Waals surface area contributed by atoms with Gasteiger partial charge in [0.05, 0.1) is 25.0 Å². The first-order chi connectivity index (χ1) is 15.9. The third-order valence-corrected chi connectivity index (χ3v) is 5.50. The zero-order valence-corrected chi connectivity index (χ0v) is 19.1. The van der Waals surface area contributed by atoms with Crippen LogP contribution in [0.3, 0.4) is 0 Å². The van der Waals surface area contributed by atoms with Crippen molar-refractivity contribution in [2.75, 3.05) is 23.9 Å². The van der Waals surface area contributed by atoms with E-state index in [-0.39, 0.29) is 5.70 Å². The number of anilines is 2. The number of para-hydroxylation sites is 2. The van der Waals surface area contributed by atoms with E-state index in [1.54, 1.807) is 49.6 Å². The third-order valence-electron chi connectivity index (χ3n) is 5.50. The van der Waals surface area contributed by atoms with Crippen molar-refractivity contribution >= 4 is 28.8 Å². The summed E-state index contributed by atoms with van der Waals surface area (Å²) in [6.45, 7) is 6.21. The summed E-state index contributed by atoms with van der Waals surface area (Å²) in [6.07, 6.45) is 0. The van der Waals surface area contributed by atoms with Gasteiger partial charge in [0.2, 0.25) is 0 Å². The summed E-state index contributed by atoms with van der Waals surface area (Å²) in [4.78, 5) is 28.6. The van der Waals surface area contributed by atoms with E-state index in [0.717, 1.165) is 11.1 Å². The molecule has 2 amide bonds. The summed E-state index contributed by atoms with van der Waals surface area (Å²) in [7, 11) is 1.59. The Morgan fingerprint density at radius 3 is 2.30 bits per heavy atom. The molecular weight excluding hydrogens is 416 g/mol. The Morgan fingerprint density at radius 1 is 0.909 bits per heavy atom. The summed E-state index contributed by atoms with van der Waals surface area (Å²) in [6, 6.07) is 20.1. The zero-order valence-electron chi connectivity index (χ0n) is 19.1. The molecule has 168 valence electrons. The molecule has 1 N–H and O–H groups in total. The minimum atomic E-state index is -0.432. The molecule has 33 heavy (non-hydrogen) atoms. The molecule has 0 aromatic heterocycles. The van der Waals surface area contributed by atoms with Crippen molar-refractivity contribution in [1.82, 2.24) is 0 Å². The lowest BCUT2D eigenvalue weighted by molar-refractivity contribution is -0.120. The lowest BCUT2D eigenvalue weighted by Gasteiger charge is -2.19. The molecular formula is C27H26N2O4. The van der Waals surface area contributed by atoms with Crippen LogP contribution in [-0.4, -0.2) is 25.5 Å². The molecule has 0 aliphatic carbocycles. The van der Waals surface area contributed by atoms with Gasteiger partial charge >= 0.3 is 0 Å². The van der Waals surface area contributed by atoms with Gasteiger partial charge in [0.15, 0.2) is 0 Å². The Labute approximate surface area is 193 Å². The van der Waals surface area contributed by atoms with Crippen LogP contribution in [0.4, 0.5) is 11.4 Å². The van der Waals surface area contributed by atoms with Crippen LogP contribution < -0.4 is 19.7 Å². The van der Waals surface area contributed by atoms with Gasteiger partial charge in [-0.1, -0.05) is 35.9 Å². The van der Waals surface area contributed by atoms with E-state index in [0.29, 0.717) is 40.6 Å². The number of nitrogens with zero attached hydrogens (tertiary/aromatic N) is 1. The highest BCUT2D eigenvalue weighted by Crippen LogP contribution is 2.38. The maximum Gasteiger partial charge on any atom is 0.282 e. The van der Waals surface area contributed by atoms with E-state index in [4.69, 9.17) is 9.47 Å². The SMILES string of the molecule is CCOc1ccccc1N1C(=O)C(Nc2ccc(OC)cc2)=C(c2ccc(C)cc2C)C1=O. The first-order valence-corrected chi connectivity index (χ1v) is 10.8. The van der Waals surface area contributed by atoms with E-state index >= 15 is 0 Å². The Morgan fingerprint density at radius 2 is 1.64 bits per heavy atom. The number of rotatable bonds is 7. The smallest absolute Gasteiger partial charge is 0.282 e. The molecule has 3 aromatic rings. The normalized spacial score (nSPS) is 13.5. The fourth-order valence-corrected chi connectivity index (χ4v) is 3.95. The molecule has 1 heterocycles. The number of carbonyl (C=O) groups is 2. The van der Waals surface area contributed by atoms with E-state index in [9.17, 15) is 9.59 Å². The van der Waals surface area contributed by atoms with Gasteiger partial charge in [-0.2, -0.15) is 0 Å². The highest BCUT2D eigenvalue weighted by atomic mass is 16.5. The number of carbonyl (C=O) groups excluding carboxylic acids is 2. The maximum absolute atomic E-state index is 13.7. The number of benzene rings is 3. The lowest BCUT2D eigenvalue weighted by atomic mass is 9.97. The van der Waals surface area contributed by atoms with Gasteiger partial charge in [0.1, 0.15) is 17.2 Å². The molecule has 0 fully saturated rings. The summed E-state index contributed by atoms with van der Waals surface area (Å²) in [5.74, 6) is 0.352. The molecule has 3 aromatic carbocycles. The van der Waals surface area contributed by atoms with Crippen molar-refractivity contribution in [3.8, 4) is 11.5 Å². The molecule has 6 nitrogen and oxygen atoms in total. The fourth-order valence-electron chi connectivity index (χ4n) is 3.95. The van der Waals surface area contributed by atoms with Gasteiger partial charge < -0.3 is 14.8 Å². The number of hydrogen-bond donors (Lipinski definition) is 1. The number of ether oxygens (including phenoxy) is 2. The zero-order chi connectivity index (χ0) is 23.5. The van der Waals surface area contributed by atoms with Crippen LogP contribution in [0, 0.1) is 13.8 Å². The summed E-state index contributed by atoms with van der Waals surface area (Å²) < 4.78 is 10.9. The largest absolute Gasteiger partial charge is 0.497 e. The quantitative estimate of drug-likeness (QED) is 0.515. The second-order valence-corrected chi connectivity index (χ2v) is 7.77. The Balaban J connectivity index is 1.84. The molecule has 0 spiro atoms. The summed E-state index contributed by atoms with van der Waals surface area (Å²) in [5, 5.41) is 3.19. The van der Waals surface area contributed by atoms with Crippen molar-refractivity contribution in [2.45, 2.75) is 20.8 Å². The number of nitrogens with one attached hydrogen (secondary N) is 1. The summed E-state index contributed by atoms with van der Waals surface area (Å²) in [5.41, 5.74) is 4.36. The predicted molar refractivity (Wildman–Crippen MR) is 130 cm³/mol. The molecule has 4 rings (SSSR count). The van der Waals surface area contributed by atoms with Crippen molar-refractivity contribution < 1.29 is 19.1 Å². The molecule has 0 bridgehead atoms. The highest BCUT2D eigenvalue weighted by molar-refractivity contribution is 6.46. The number of amides is 2. The van der Waals surface area contributed by atoms with Crippen LogP contribution in [-0.2, 0) is 9.59 Å². The van der Waals surface area contributed by atoms with Gasteiger partial charge in [0, 0.05) is 5.69 Å². The average molecular weight is 443 g/mol. The van der Waals surface area contributed by atoms with Gasteiger partial charge in [-0.3, -0.25) is 9.59 Å². The number of imide groups is 1. The molecule has 6 heteroatoms. The predicted octanol–water partition coefficient (Wildman–Crippen LogP) is 5.11. The van der Waals surface area contributed by atoms with E-state index in [2.05, 4.69) is 5.32 Å². The second kappa shape index (κ2) is 9.20. The first-order valence-electron chi connectivity index (χ1n) is 10.8. The topological polar surface area (TPSA) is 67.9 Å². The Bertz CT molecular complexity index is 1250. The minimum absolute atomic E-state index is 0.225. The number of aryl methyl sites for hydroxylation is 2. The summed E-state index contributed by atoms with van der Waals surface area (Å²) >= 11 is 0. The van der Waals surface area contributed by atoms with Gasteiger partial charge in [-0.15, -0.1) is 0 Å². The minimum Gasteiger partial charge on any atom is -0.497 e. The Kier molecular flexibility index (Phi) is 6.18. The van der Waals surface area contributed by atoms with Gasteiger partial charge in [-0.05, 0) is 68.3 Å². The van der Waals surface area contributed by atoms with Crippen LogP contribution in [0.25, 0.3) is 5.57 Å². The molecule has 0 saturated carbocycles. The third kappa shape index (κ3) is 4.20. The maximum atomic E-state index is 13.7. The number of hydrogen-bond acceptors (Lipinski definition) is 5. The molecule has 1 aliphatic heterocycles. The van der Waals surface area contributed by atoms with Crippen molar-refractivity contribution in [2.24, 2.45) is 0 Å². The van der Waals surface area contributed by atoms with E-state index in [1.807, 2.05) is 45.0 Å². The van der Waals surface area contributed by atoms with Gasteiger partial charge in [0.25, 0.3) is 11.8 Å². The second-order valence-electron chi connectivity index (χ2n) is 7.77. The van der Waals surface area contributed by atoms with Crippen LogP contribution in [0.2, 0.25) is 0 Å². The number of methoxy groups -OCH3 is 1. The van der Waals surface area contributed by atoms with Crippen LogP contribution in [0.1, 0.15) is 23.6 Å². The fraction of sp³-hybridized carbons (Fsp3) is 0.185. The molecule has 1 aliphatic rings. The molecule has 0 atom stereocenters.